The second kappa shape index (κ2) is 40.3. The maximum Gasteiger partial charge on any atom is 0.471 e. The van der Waals surface area contributed by atoms with Crippen LogP contribution in [0.4, 0.5) is 24.8 Å². The average molecular weight is 1290 g/mol. The molecule has 33 heteroatoms. The van der Waals surface area contributed by atoms with Crippen LogP contribution >= 0.6 is 0 Å². The van der Waals surface area contributed by atoms with Crippen LogP contribution in [0.25, 0.3) is 11.2 Å². The number of nitrogens with one attached hydrogen (secondary N) is 6. The van der Waals surface area contributed by atoms with Crippen molar-refractivity contribution in [3.05, 3.63) is 52.1 Å². The number of rotatable bonds is 47. The summed E-state index contributed by atoms with van der Waals surface area (Å²) in [4.78, 5) is 127. The summed E-state index contributed by atoms with van der Waals surface area (Å²) in [6.07, 6.45) is -1.70. The zero-order valence-corrected chi connectivity index (χ0v) is 51.5. The van der Waals surface area contributed by atoms with Crippen molar-refractivity contribution < 1.29 is 94.9 Å². The summed E-state index contributed by atoms with van der Waals surface area (Å²) in [6.45, 7) is 10.5. The van der Waals surface area contributed by atoms with Gasteiger partial charge in [0.2, 0.25) is 29.6 Å². The van der Waals surface area contributed by atoms with Crippen LogP contribution in [-0.4, -0.2) is 212 Å². The predicted molar refractivity (Wildman–Crippen MR) is 318 cm³/mol. The summed E-state index contributed by atoms with van der Waals surface area (Å²) in [5.41, 5.74) is 7.90. The van der Waals surface area contributed by atoms with Crippen molar-refractivity contribution in [1.29, 1.82) is 0 Å². The zero-order chi connectivity index (χ0) is 66.7. The van der Waals surface area contributed by atoms with E-state index in [-0.39, 0.29) is 148 Å². The summed E-state index contributed by atoms with van der Waals surface area (Å²) in [6, 6.07) is 0.215. The molecule has 0 aliphatic heterocycles. The van der Waals surface area contributed by atoms with E-state index in [0.29, 0.717) is 51.9 Å². The van der Waals surface area contributed by atoms with E-state index in [1.807, 2.05) is 27.7 Å². The Labute approximate surface area is 518 Å². The van der Waals surface area contributed by atoms with Gasteiger partial charge in [-0.05, 0) is 116 Å². The number of carbonyl (C=O) groups is 8. The molecule has 0 radical (unpaired) electrons. The van der Waals surface area contributed by atoms with Crippen molar-refractivity contribution in [2.24, 2.45) is 5.73 Å². The first kappa shape index (κ1) is 76.7. The zero-order valence-electron chi connectivity index (χ0n) is 51.5. The summed E-state index contributed by atoms with van der Waals surface area (Å²) < 4.78 is 80.1. The molecule has 0 saturated heterocycles. The molecule has 0 aliphatic rings. The van der Waals surface area contributed by atoms with Gasteiger partial charge in [0, 0.05) is 50.9 Å². The number of halogens is 3. The summed E-state index contributed by atoms with van der Waals surface area (Å²) in [5.74, 6) is -8.42. The predicted octanol–water partition coefficient (Wildman–Crippen LogP) is 1.41. The minimum absolute atomic E-state index is 0.0320. The number of hydrogen-bond donors (Lipinski definition) is 10. The molecule has 3 rings (SSSR count). The van der Waals surface area contributed by atoms with Gasteiger partial charge in [-0.1, -0.05) is 0 Å². The number of alkyl halides is 3. The molecule has 1 aromatic carbocycles. The maximum atomic E-state index is 13.7. The van der Waals surface area contributed by atoms with E-state index in [2.05, 4.69) is 46.5 Å². The highest BCUT2D eigenvalue weighted by Gasteiger charge is 2.43. The van der Waals surface area contributed by atoms with E-state index in [4.69, 9.17) is 44.6 Å². The molecular formula is C57H87F3N12O18. The fourth-order valence-corrected chi connectivity index (χ4v) is 8.14. The van der Waals surface area contributed by atoms with Gasteiger partial charge in [-0.3, -0.25) is 43.4 Å². The number of carboxylic acids is 2. The van der Waals surface area contributed by atoms with E-state index >= 15 is 0 Å². The van der Waals surface area contributed by atoms with Crippen LogP contribution in [0, 0.1) is 0 Å². The Hall–Kier alpha value is -7.53. The van der Waals surface area contributed by atoms with Crippen molar-refractivity contribution in [3.8, 4) is 0 Å². The molecule has 0 fully saturated rings. The Morgan fingerprint density at radius 2 is 1.23 bits per heavy atom. The van der Waals surface area contributed by atoms with Crippen molar-refractivity contribution in [3.63, 3.8) is 0 Å². The number of carboxylic acid groups (broad SMARTS) is 2. The second-order valence-electron chi connectivity index (χ2n) is 21.7. The summed E-state index contributed by atoms with van der Waals surface area (Å²) in [5, 5.41) is 32.3. The lowest BCUT2D eigenvalue weighted by atomic mass is 10.0. The number of amides is 6. The Morgan fingerprint density at radius 1 is 0.656 bits per heavy atom. The largest absolute Gasteiger partial charge is 0.480 e. The number of ether oxygens (including phenoxy) is 7. The van der Waals surface area contributed by atoms with E-state index < -0.39 is 90.4 Å². The number of carbonyl (C=O) groups excluding carboxylic acids is 6. The molecule has 0 aliphatic carbocycles. The lowest BCUT2D eigenvalue weighted by Gasteiger charge is -2.29. The number of fused-ring (bicyclic) bond motifs is 1. The minimum Gasteiger partial charge on any atom is -0.480 e. The molecule has 12 N–H and O–H groups in total. The standard InChI is InChI=1S/C57H87F3N12O18/c1-55(2,19-25-84-5)89-26-20-56(3,4)90-36-45(75)67-40(10-6-8-21-61)49(77)64-23-27-86-29-31-88-33-32-87-30-28-85-24-18-43(73)63-22-9-7-11-41(51(79)80)68-44(74)17-16-42(52(81)82)69-48(76)37-12-14-39(15-13-37)72(53(83)57(58,59)60)35-38-34-65-47-46(66-38)50(78)71-54(62)70-47/h12-15,34,40-42H,6-11,16-33,35-36,61H2,1-5H3,(H,63,73)(H,64,77)(H,67,75)(H,68,74)(H,69,76)(H,79,80)(H,81,82)(H3,62,65,70,71,78)/t40?,41-,42-/m0/s1. The van der Waals surface area contributed by atoms with Crippen LogP contribution in [0.1, 0.15) is 114 Å². The number of anilines is 2. The number of H-pyrrole nitrogens is 1. The van der Waals surface area contributed by atoms with E-state index in [1.54, 1.807) is 7.11 Å². The Balaban J connectivity index is 1.24. The number of aromatic amines is 1. The lowest BCUT2D eigenvalue weighted by Crippen LogP contribution is -2.49. The number of aromatic nitrogens is 4. The van der Waals surface area contributed by atoms with Crippen LogP contribution in [0.15, 0.2) is 35.3 Å². The molecule has 0 bridgehead atoms. The van der Waals surface area contributed by atoms with Crippen LogP contribution < -0.4 is 48.5 Å². The number of nitrogens with zero attached hydrogens (tertiary/aromatic N) is 4. The normalized spacial score (nSPS) is 12.8. The second-order valence-corrected chi connectivity index (χ2v) is 21.7. The third kappa shape index (κ3) is 30.8. The molecule has 0 spiro atoms. The van der Waals surface area contributed by atoms with Crippen molar-refractivity contribution in [1.82, 2.24) is 46.5 Å². The van der Waals surface area contributed by atoms with Crippen LogP contribution in [0.3, 0.4) is 0 Å². The fraction of sp³-hybridized carbons (Fsp3) is 0.649. The number of nitrogens with two attached hydrogens (primary N) is 2. The third-order valence-electron chi connectivity index (χ3n) is 13.3. The highest BCUT2D eigenvalue weighted by Crippen LogP contribution is 2.26. The fourth-order valence-electron chi connectivity index (χ4n) is 8.14. The molecular weight excluding hydrogens is 1200 g/mol. The Morgan fingerprint density at radius 3 is 1.86 bits per heavy atom. The molecule has 1 unspecified atom stereocenters. The van der Waals surface area contributed by atoms with Gasteiger partial charge in [0.25, 0.3) is 11.5 Å². The molecule has 2 aromatic heterocycles. The number of methoxy groups -OCH3 is 1. The first-order chi connectivity index (χ1) is 42.6. The maximum absolute atomic E-state index is 13.7. The third-order valence-corrected chi connectivity index (χ3v) is 13.3. The average Bonchev–Trinajstić information content (AvgIpc) is 0.918. The number of aliphatic carboxylic acids is 2. The van der Waals surface area contributed by atoms with Crippen LogP contribution in [0.2, 0.25) is 0 Å². The first-order valence-corrected chi connectivity index (χ1v) is 29.3. The van der Waals surface area contributed by atoms with Crippen molar-refractivity contribution in [2.45, 2.75) is 140 Å². The van der Waals surface area contributed by atoms with Gasteiger partial charge in [-0.15, -0.1) is 0 Å². The molecule has 2 heterocycles. The molecule has 6 amide bonds. The van der Waals surface area contributed by atoms with Crippen molar-refractivity contribution >= 4 is 70.2 Å². The van der Waals surface area contributed by atoms with Gasteiger partial charge in [0.1, 0.15) is 24.7 Å². The smallest absolute Gasteiger partial charge is 0.471 e. The van der Waals surface area contributed by atoms with Gasteiger partial charge in [-0.25, -0.2) is 19.6 Å². The molecule has 30 nitrogen and oxygen atoms in total. The molecule has 504 valence electrons. The van der Waals surface area contributed by atoms with Gasteiger partial charge >= 0.3 is 24.0 Å². The highest BCUT2D eigenvalue weighted by atomic mass is 19.4. The number of benzene rings is 1. The summed E-state index contributed by atoms with van der Waals surface area (Å²) >= 11 is 0. The SMILES string of the molecule is COCCC(C)(C)OCCC(C)(C)OCC(=O)NC(CCCCN)C(=O)NCCOCCOCCOCCOCCC(=O)NCCCC[C@H](NC(=O)CC[C@H](NC(=O)c1ccc(N(Cc2cnc3nc(N)[nH]c(=O)c3n2)C(=O)C(F)(F)F)cc1)C(=O)O)C(=O)O. The van der Waals surface area contributed by atoms with Crippen LogP contribution in [-0.2, 0) is 73.3 Å². The molecule has 3 aromatic rings. The number of hydrogen-bond acceptors (Lipinski definition) is 21. The summed E-state index contributed by atoms with van der Waals surface area (Å²) in [7, 11) is 1.64. The van der Waals surface area contributed by atoms with E-state index in [9.17, 15) is 66.5 Å². The molecule has 90 heavy (non-hydrogen) atoms. The Bertz CT molecular complexity index is 2810. The number of unbranched alkanes of at least 4 members (excludes halogenated alkanes) is 2. The van der Waals surface area contributed by atoms with Gasteiger partial charge in [-0.2, -0.15) is 18.2 Å². The minimum atomic E-state index is -5.37. The Kier molecular flexibility index (Phi) is 34.3. The first-order valence-electron chi connectivity index (χ1n) is 29.3. The van der Waals surface area contributed by atoms with Gasteiger partial charge in [0.15, 0.2) is 11.2 Å². The molecule has 3 atom stereocenters. The highest BCUT2D eigenvalue weighted by molar-refractivity contribution is 5.99. The molecule has 0 saturated carbocycles. The van der Waals surface area contributed by atoms with Gasteiger partial charge < -0.3 is 81.4 Å². The van der Waals surface area contributed by atoms with E-state index in [0.717, 1.165) is 36.9 Å². The lowest BCUT2D eigenvalue weighted by molar-refractivity contribution is -0.170. The van der Waals surface area contributed by atoms with Gasteiger partial charge in [0.05, 0.1) is 89.1 Å². The quantitative estimate of drug-likeness (QED) is 0.0357. The van der Waals surface area contributed by atoms with Crippen LogP contribution in [0.5, 0.6) is 0 Å². The topological polar surface area (TPSA) is 429 Å². The monoisotopic (exact) mass is 1280 g/mol. The van der Waals surface area contributed by atoms with E-state index in [1.165, 1.54) is 0 Å². The number of nitrogen functional groups attached to an aromatic ring is 1. The van der Waals surface area contributed by atoms with Crippen molar-refractivity contribution in [2.75, 3.05) is 110 Å².